The van der Waals surface area contributed by atoms with Crippen LogP contribution in [0.15, 0.2) is 133 Å². The molecule has 0 radical (unpaired) electrons. The van der Waals surface area contributed by atoms with Crippen molar-refractivity contribution in [2.45, 2.75) is 5.41 Å². The molecule has 0 amide bonds. The fraction of sp³-hybridized carbons (Fsp3) is 0.0270. The number of benzene rings is 6. The van der Waals surface area contributed by atoms with E-state index in [-0.39, 0.29) is 11.1 Å². The first-order valence-electron chi connectivity index (χ1n) is 13.4. The Kier molecular flexibility index (Phi) is 7.36. The van der Waals surface area contributed by atoms with Gasteiger partial charge in [0.25, 0.3) is 0 Å². The number of hydrogen-bond donors (Lipinski definition) is 0. The third-order valence-electron chi connectivity index (χ3n) is 7.58. The van der Waals surface area contributed by atoms with Crippen LogP contribution in [0.1, 0.15) is 22.3 Å². The molecular weight excluding hydrogens is 558 g/mol. The molecule has 0 nitrogen and oxygen atoms in total. The third-order valence-corrected chi connectivity index (χ3v) is 7.58. The summed E-state index contributed by atoms with van der Waals surface area (Å²) in [5.74, 6) is -4.10. The maximum atomic E-state index is 15.9. The number of rotatable bonds is 6. The summed E-state index contributed by atoms with van der Waals surface area (Å²) in [4.78, 5) is 0. The van der Waals surface area contributed by atoms with Crippen molar-refractivity contribution in [3.63, 3.8) is 0 Å². The van der Waals surface area contributed by atoms with Gasteiger partial charge in [0.1, 0.15) is 34.9 Å². The summed E-state index contributed by atoms with van der Waals surface area (Å²) in [5, 5.41) is 0. The Morgan fingerprint density at radius 3 is 0.977 bits per heavy atom. The Hall–Kier alpha value is -5.10. The van der Waals surface area contributed by atoms with Gasteiger partial charge in [0, 0.05) is 23.3 Å². The molecule has 6 aromatic carbocycles. The van der Waals surface area contributed by atoms with E-state index in [4.69, 9.17) is 0 Å². The monoisotopic (exact) mass is 580 g/mol. The van der Waals surface area contributed by atoms with Crippen LogP contribution in [-0.4, -0.2) is 0 Å². The van der Waals surface area contributed by atoms with Crippen LogP contribution in [0.25, 0.3) is 22.3 Å². The SMILES string of the molecule is Fc1cc(F)cc(-c2ccc(C(c3ccc(-c4cc(F)cc(F)c4)cc3)(c3ccccc3F)c3ccccc3F)cc2)c1. The van der Waals surface area contributed by atoms with Crippen molar-refractivity contribution in [2.75, 3.05) is 0 Å². The summed E-state index contributed by atoms with van der Waals surface area (Å²) in [7, 11) is 0. The van der Waals surface area contributed by atoms with E-state index in [9.17, 15) is 17.6 Å². The summed E-state index contributed by atoms with van der Waals surface area (Å²) in [6.45, 7) is 0. The van der Waals surface area contributed by atoms with Gasteiger partial charge in [-0.1, -0.05) is 84.9 Å². The molecule has 0 aromatic heterocycles. The molecule has 0 spiro atoms. The normalized spacial score (nSPS) is 11.5. The molecule has 0 aliphatic heterocycles. The highest BCUT2D eigenvalue weighted by atomic mass is 19.2. The molecule has 0 fully saturated rings. The van der Waals surface area contributed by atoms with Crippen molar-refractivity contribution in [1.29, 1.82) is 0 Å². The van der Waals surface area contributed by atoms with Gasteiger partial charge in [0.15, 0.2) is 0 Å². The van der Waals surface area contributed by atoms with Gasteiger partial charge >= 0.3 is 0 Å². The lowest BCUT2D eigenvalue weighted by atomic mass is 9.64. The van der Waals surface area contributed by atoms with Gasteiger partial charge in [0.2, 0.25) is 0 Å². The lowest BCUT2D eigenvalue weighted by Gasteiger charge is -2.37. The van der Waals surface area contributed by atoms with E-state index in [1.165, 1.54) is 48.5 Å². The molecule has 43 heavy (non-hydrogen) atoms. The largest absolute Gasteiger partial charge is 0.207 e. The molecule has 6 aromatic rings. The fourth-order valence-corrected chi connectivity index (χ4v) is 5.73. The Morgan fingerprint density at radius 2 is 0.651 bits per heavy atom. The molecule has 0 aliphatic rings. The first kappa shape index (κ1) is 28.0. The Labute approximate surface area is 244 Å². The average molecular weight is 581 g/mol. The van der Waals surface area contributed by atoms with Crippen molar-refractivity contribution < 1.29 is 26.3 Å². The minimum Gasteiger partial charge on any atom is -0.207 e. The van der Waals surface area contributed by atoms with E-state index in [2.05, 4.69) is 0 Å². The minimum atomic E-state index is -1.53. The summed E-state index contributed by atoms with van der Waals surface area (Å²) in [6.07, 6.45) is 0. The second-order valence-electron chi connectivity index (χ2n) is 10.2. The van der Waals surface area contributed by atoms with Crippen molar-refractivity contribution in [1.82, 2.24) is 0 Å². The Balaban J connectivity index is 1.61. The van der Waals surface area contributed by atoms with Crippen LogP contribution < -0.4 is 0 Å². The van der Waals surface area contributed by atoms with Crippen molar-refractivity contribution >= 4 is 0 Å². The van der Waals surface area contributed by atoms with Crippen LogP contribution in [-0.2, 0) is 5.41 Å². The lowest BCUT2D eigenvalue weighted by Crippen LogP contribution is -2.33. The Morgan fingerprint density at radius 1 is 0.326 bits per heavy atom. The van der Waals surface area contributed by atoms with Gasteiger partial charge in [-0.05, 0) is 69.8 Å². The number of halogens is 6. The van der Waals surface area contributed by atoms with Crippen LogP contribution in [0, 0.1) is 34.9 Å². The van der Waals surface area contributed by atoms with Gasteiger partial charge in [-0.2, -0.15) is 0 Å². The molecule has 0 atom stereocenters. The zero-order chi connectivity index (χ0) is 30.1. The maximum absolute atomic E-state index is 15.9. The van der Waals surface area contributed by atoms with E-state index in [0.29, 0.717) is 33.4 Å². The fourth-order valence-electron chi connectivity index (χ4n) is 5.73. The Bertz CT molecular complexity index is 1740. The van der Waals surface area contributed by atoms with Gasteiger partial charge in [-0.15, -0.1) is 0 Å². The van der Waals surface area contributed by atoms with Crippen molar-refractivity contribution in [3.8, 4) is 22.3 Å². The predicted molar refractivity (Wildman–Crippen MR) is 155 cm³/mol. The molecule has 0 aliphatic carbocycles. The second kappa shape index (κ2) is 11.3. The summed E-state index contributed by atoms with van der Waals surface area (Å²) in [5.41, 5.74) is 1.36. The molecular formula is C37H22F6. The van der Waals surface area contributed by atoms with Crippen LogP contribution in [0.3, 0.4) is 0 Å². The smallest absolute Gasteiger partial charge is 0.127 e. The van der Waals surface area contributed by atoms with Crippen LogP contribution >= 0.6 is 0 Å². The minimum absolute atomic E-state index is 0.161. The average Bonchev–Trinajstić information content (AvgIpc) is 2.99. The lowest BCUT2D eigenvalue weighted by molar-refractivity contribution is 0.550. The van der Waals surface area contributed by atoms with E-state index >= 15 is 8.78 Å². The molecule has 0 heterocycles. The zero-order valence-corrected chi connectivity index (χ0v) is 22.5. The maximum Gasteiger partial charge on any atom is 0.127 e. The van der Waals surface area contributed by atoms with E-state index < -0.39 is 40.3 Å². The quantitative estimate of drug-likeness (QED) is 0.136. The summed E-state index contributed by atoms with van der Waals surface area (Å²) >= 11 is 0. The van der Waals surface area contributed by atoms with Gasteiger partial charge in [-0.3, -0.25) is 0 Å². The first-order chi connectivity index (χ1) is 20.8. The summed E-state index contributed by atoms with van der Waals surface area (Å²) in [6, 6.07) is 31.7. The standard InChI is InChI=1S/C37H22F6/c38-29-17-25(18-30(39)21-29)23-9-13-27(14-10-23)37(33-5-1-3-7-35(33)42,34-6-2-4-8-36(34)43)28-15-11-24(12-16-28)26-19-31(40)22-32(41)20-26/h1-22H. The van der Waals surface area contributed by atoms with Crippen LogP contribution in [0.4, 0.5) is 26.3 Å². The zero-order valence-electron chi connectivity index (χ0n) is 22.5. The van der Waals surface area contributed by atoms with Crippen LogP contribution in [0.5, 0.6) is 0 Å². The summed E-state index contributed by atoms with van der Waals surface area (Å²) < 4.78 is 87.6. The molecule has 0 unspecified atom stereocenters. The molecule has 0 saturated heterocycles. The topological polar surface area (TPSA) is 0 Å². The van der Waals surface area contributed by atoms with E-state index in [0.717, 1.165) is 12.1 Å². The first-order valence-corrected chi connectivity index (χ1v) is 13.4. The molecule has 0 saturated carbocycles. The number of hydrogen-bond acceptors (Lipinski definition) is 0. The second-order valence-corrected chi connectivity index (χ2v) is 10.2. The molecule has 0 N–H and O–H groups in total. The van der Waals surface area contributed by atoms with Crippen molar-refractivity contribution in [2.24, 2.45) is 0 Å². The van der Waals surface area contributed by atoms with Crippen molar-refractivity contribution in [3.05, 3.63) is 191 Å². The van der Waals surface area contributed by atoms with Gasteiger partial charge < -0.3 is 0 Å². The van der Waals surface area contributed by atoms with E-state index in [1.807, 2.05) is 0 Å². The van der Waals surface area contributed by atoms with Gasteiger partial charge in [-0.25, -0.2) is 26.3 Å². The highest BCUT2D eigenvalue weighted by Crippen LogP contribution is 2.47. The molecule has 6 rings (SSSR count). The predicted octanol–water partition coefficient (Wildman–Crippen LogP) is 10.2. The highest BCUT2D eigenvalue weighted by molar-refractivity contribution is 5.69. The molecule has 6 heteroatoms. The van der Waals surface area contributed by atoms with E-state index in [1.54, 1.807) is 72.8 Å². The van der Waals surface area contributed by atoms with Crippen LogP contribution in [0.2, 0.25) is 0 Å². The molecule has 212 valence electrons. The highest BCUT2D eigenvalue weighted by Gasteiger charge is 2.42. The molecule has 0 bridgehead atoms. The van der Waals surface area contributed by atoms with Gasteiger partial charge in [0.05, 0.1) is 5.41 Å². The third kappa shape index (κ3) is 5.21.